The molecule has 0 saturated carbocycles. The molecule has 5 nitrogen and oxygen atoms in total. The normalized spacial score (nSPS) is 12.8. The summed E-state index contributed by atoms with van der Waals surface area (Å²) in [4.78, 5) is 29.6. The Morgan fingerprint density at radius 2 is 1.91 bits per heavy atom. The highest BCUT2D eigenvalue weighted by Crippen LogP contribution is 2.42. The number of ether oxygens (including phenoxy) is 1. The third-order valence-corrected chi connectivity index (χ3v) is 7.03. The molecule has 0 spiro atoms. The van der Waals surface area contributed by atoms with E-state index in [0.29, 0.717) is 36.4 Å². The lowest BCUT2D eigenvalue weighted by molar-refractivity contribution is 0.0757. The molecule has 3 aromatic carbocycles. The first kappa shape index (κ1) is 25.2. The summed E-state index contributed by atoms with van der Waals surface area (Å²) in [5.74, 6) is -1.02. The molecule has 3 aromatic rings. The summed E-state index contributed by atoms with van der Waals surface area (Å²) in [6.45, 7) is 4.89. The Hall–Kier alpha value is -2.87. The summed E-state index contributed by atoms with van der Waals surface area (Å²) in [5.41, 5.74) is 1.68. The number of anilines is 1. The standard InChI is InChI=1S/C27H26ClFN2O3S/c1-17(2)34-14-6-13-30-26(32)18-11-12-25-23(15-18)31(16-20-21(28)8-5-9-22(20)29)27(33)19-7-3-4-10-24(19)35-25/h3-5,7-12,15,17H,6,13-14,16H2,1-2H3,(H,30,32). The summed E-state index contributed by atoms with van der Waals surface area (Å²) >= 11 is 7.73. The van der Waals surface area contributed by atoms with Crippen LogP contribution < -0.4 is 10.2 Å². The van der Waals surface area contributed by atoms with Gasteiger partial charge in [-0.15, -0.1) is 0 Å². The molecule has 2 amide bonds. The van der Waals surface area contributed by atoms with Gasteiger partial charge in [0.25, 0.3) is 11.8 Å². The monoisotopic (exact) mass is 512 g/mol. The van der Waals surface area contributed by atoms with E-state index in [4.69, 9.17) is 16.3 Å². The third-order valence-electron chi connectivity index (χ3n) is 5.53. The highest BCUT2D eigenvalue weighted by Gasteiger charge is 2.29. The van der Waals surface area contributed by atoms with Crippen molar-refractivity contribution < 1.29 is 18.7 Å². The van der Waals surface area contributed by atoms with Gasteiger partial charge in [-0.3, -0.25) is 9.59 Å². The van der Waals surface area contributed by atoms with Gasteiger partial charge in [0.1, 0.15) is 5.82 Å². The van der Waals surface area contributed by atoms with Crippen LogP contribution in [0.2, 0.25) is 5.02 Å². The predicted molar refractivity (Wildman–Crippen MR) is 137 cm³/mol. The van der Waals surface area contributed by atoms with Crippen LogP contribution in [0.4, 0.5) is 10.1 Å². The molecule has 0 fully saturated rings. The van der Waals surface area contributed by atoms with Crippen molar-refractivity contribution in [2.75, 3.05) is 18.1 Å². The predicted octanol–water partition coefficient (Wildman–Crippen LogP) is 6.34. The van der Waals surface area contributed by atoms with Crippen molar-refractivity contribution in [1.82, 2.24) is 5.32 Å². The lowest BCUT2D eigenvalue weighted by Gasteiger charge is -2.24. The van der Waals surface area contributed by atoms with Gasteiger partial charge >= 0.3 is 0 Å². The average molecular weight is 513 g/mol. The van der Waals surface area contributed by atoms with E-state index in [9.17, 15) is 14.0 Å². The topological polar surface area (TPSA) is 58.6 Å². The number of nitrogens with zero attached hydrogens (tertiary/aromatic N) is 1. The quantitative estimate of drug-likeness (QED) is 0.358. The van der Waals surface area contributed by atoms with Crippen molar-refractivity contribution in [3.8, 4) is 0 Å². The van der Waals surface area contributed by atoms with E-state index in [1.54, 1.807) is 30.3 Å². The fourth-order valence-corrected chi connectivity index (χ4v) is 5.04. The number of hydrogen-bond acceptors (Lipinski definition) is 4. The van der Waals surface area contributed by atoms with Crippen molar-refractivity contribution in [3.63, 3.8) is 0 Å². The number of nitrogens with one attached hydrogen (secondary N) is 1. The molecule has 0 aliphatic carbocycles. The summed E-state index contributed by atoms with van der Waals surface area (Å²) in [7, 11) is 0. The molecule has 0 aromatic heterocycles. The Morgan fingerprint density at radius 3 is 2.69 bits per heavy atom. The van der Waals surface area contributed by atoms with E-state index in [1.165, 1.54) is 28.8 Å². The molecule has 0 saturated heterocycles. The van der Waals surface area contributed by atoms with Crippen molar-refractivity contribution in [2.45, 2.75) is 42.7 Å². The molecule has 0 unspecified atom stereocenters. The molecule has 1 N–H and O–H groups in total. The Bertz CT molecular complexity index is 1230. The van der Waals surface area contributed by atoms with E-state index in [0.717, 1.165) is 9.79 Å². The highest BCUT2D eigenvalue weighted by molar-refractivity contribution is 7.99. The Labute approximate surface area is 213 Å². The van der Waals surface area contributed by atoms with Crippen LogP contribution in [-0.2, 0) is 11.3 Å². The minimum absolute atomic E-state index is 0.0656. The van der Waals surface area contributed by atoms with Crippen LogP contribution in [0.3, 0.4) is 0 Å². The summed E-state index contributed by atoms with van der Waals surface area (Å²) in [5, 5.41) is 3.13. The van der Waals surface area contributed by atoms with Gasteiger partial charge in [-0.2, -0.15) is 0 Å². The zero-order valence-corrected chi connectivity index (χ0v) is 21.1. The first-order valence-electron chi connectivity index (χ1n) is 11.4. The molecule has 0 bridgehead atoms. The Kier molecular flexibility index (Phi) is 8.11. The second kappa shape index (κ2) is 11.2. The molecule has 0 radical (unpaired) electrons. The van der Waals surface area contributed by atoms with Crippen molar-refractivity contribution in [1.29, 1.82) is 0 Å². The molecule has 182 valence electrons. The summed E-state index contributed by atoms with van der Waals surface area (Å²) in [6.07, 6.45) is 0.833. The first-order chi connectivity index (χ1) is 16.8. The van der Waals surface area contributed by atoms with Gasteiger partial charge in [0.2, 0.25) is 0 Å². The van der Waals surface area contributed by atoms with Gasteiger partial charge in [0.05, 0.1) is 23.9 Å². The molecular weight excluding hydrogens is 487 g/mol. The maximum absolute atomic E-state index is 14.7. The largest absolute Gasteiger partial charge is 0.379 e. The second-order valence-electron chi connectivity index (χ2n) is 8.40. The van der Waals surface area contributed by atoms with Gasteiger partial charge in [-0.25, -0.2) is 4.39 Å². The zero-order valence-electron chi connectivity index (χ0n) is 19.5. The number of fused-ring (bicyclic) bond motifs is 2. The first-order valence-corrected chi connectivity index (χ1v) is 12.6. The van der Waals surface area contributed by atoms with Crippen LogP contribution in [-0.4, -0.2) is 31.1 Å². The van der Waals surface area contributed by atoms with Gasteiger partial charge in [-0.05, 0) is 62.7 Å². The van der Waals surface area contributed by atoms with Gasteiger partial charge < -0.3 is 15.0 Å². The maximum Gasteiger partial charge on any atom is 0.259 e. The average Bonchev–Trinajstić information content (AvgIpc) is 2.95. The van der Waals surface area contributed by atoms with Crippen LogP contribution >= 0.6 is 23.4 Å². The minimum atomic E-state index is -0.491. The molecule has 4 rings (SSSR count). The van der Waals surface area contributed by atoms with Gasteiger partial charge in [0.15, 0.2) is 0 Å². The van der Waals surface area contributed by atoms with Crippen molar-refractivity contribution in [2.24, 2.45) is 0 Å². The number of rotatable bonds is 8. The minimum Gasteiger partial charge on any atom is -0.379 e. The van der Waals surface area contributed by atoms with Crippen molar-refractivity contribution >= 4 is 40.9 Å². The van der Waals surface area contributed by atoms with Crippen LogP contribution in [0.25, 0.3) is 0 Å². The Morgan fingerprint density at radius 1 is 1.11 bits per heavy atom. The highest BCUT2D eigenvalue weighted by atomic mass is 35.5. The lowest BCUT2D eigenvalue weighted by atomic mass is 10.1. The molecule has 0 atom stereocenters. The Balaban J connectivity index is 1.66. The van der Waals surface area contributed by atoms with Crippen molar-refractivity contribution in [3.05, 3.63) is 88.2 Å². The zero-order chi connectivity index (χ0) is 24.9. The van der Waals surface area contributed by atoms with E-state index in [-0.39, 0.29) is 35.0 Å². The molecule has 1 aliphatic rings. The van der Waals surface area contributed by atoms with Crippen LogP contribution in [0.1, 0.15) is 46.5 Å². The summed E-state index contributed by atoms with van der Waals surface area (Å²) in [6, 6.07) is 17.0. The van der Waals surface area contributed by atoms with E-state index in [2.05, 4.69) is 5.32 Å². The smallest absolute Gasteiger partial charge is 0.259 e. The van der Waals surface area contributed by atoms with Gasteiger partial charge in [0, 0.05) is 39.1 Å². The SMILES string of the molecule is CC(C)OCCCNC(=O)c1ccc2c(c1)N(Cc1c(F)cccc1Cl)C(=O)c1ccccc1S2. The number of amides is 2. The molecule has 1 aliphatic heterocycles. The molecule has 8 heteroatoms. The molecular formula is C27H26ClFN2O3S. The lowest BCUT2D eigenvalue weighted by Crippen LogP contribution is -2.31. The number of carbonyl (C=O) groups is 2. The number of benzene rings is 3. The molecule has 35 heavy (non-hydrogen) atoms. The number of carbonyl (C=O) groups excluding carboxylic acids is 2. The number of halogens is 2. The fraction of sp³-hybridized carbons (Fsp3) is 0.259. The number of hydrogen-bond donors (Lipinski definition) is 1. The summed E-state index contributed by atoms with van der Waals surface area (Å²) < 4.78 is 20.2. The molecule has 1 heterocycles. The van der Waals surface area contributed by atoms with Crippen LogP contribution in [0.15, 0.2) is 70.5 Å². The van der Waals surface area contributed by atoms with Crippen LogP contribution in [0.5, 0.6) is 0 Å². The van der Waals surface area contributed by atoms with Gasteiger partial charge in [-0.1, -0.05) is 41.6 Å². The fourth-order valence-electron chi connectivity index (χ4n) is 3.76. The van der Waals surface area contributed by atoms with Crippen LogP contribution in [0, 0.1) is 5.82 Å². The van der Waals surface area contributed by atoms with E-state index in [1.807, 2.05) is 32.0 Å². The second-order valence-corrected chi connectivity index (χ2v) is 9.89. The maximum atomic E-state index is 14.7. The van der Waals surface area contributed by atoms with E-state index < -0.39 is 5.82 Å². The van der Waals surface area contributed by atoms with E-state index >= 15 is 0 Å². The third kappa shape index (κ3) is 5.86.